The highest BCUT2D eigenvalue weighted by Crippen LogP contribution is 2.32. The fraction of sp³-hybridized carbons (Fsp3) is 1.00. The van der Waals surface area contributed by atoms with Gasteiger partial charge in [-0.3, -0.25) is 9.80 Å². The van der Waals surface area contributed by atoms with Crippen molar-refractivity contribution in [2.24, 2.45) is 17.6 Å². The van der Waals surface area contributed by atoms with Crippen LogP contribution in [-0.2, 0) is 0 Å². The van der Waals surface area contributed by atoms with Gasteiger partial charge in [0.15, 0.2) is 0 Å². The van der Waals surface area contributed by atoms with Crippen molar-refractivity contribution < 1.29 is 0 Å². The minimum absolute atomic E-state index is 0.205. The molecule has 0 aliphatic carbocycles. The predicted octanol–water partition coefficient (Wildman–Crippen LogP) is 2.80. The molecule has 1 fully saturated rings. The Morgan fingerprint density at radius 3 is 2.00 bits per heavy atom. The van der Waals surface area contributed by atoms with Gasteiger partial charge in [0.05, 0.1) is 0 Å². The fourth-order valence-corrected chi connectivity index (χ4v) is 4.05. The standard InChI is InChI=1S/C17H37N3/c1-7-19-8-9-20(12-16(19)6)17(13-18,10-14(2)3)11-15(4)5/h14-16H,7-13,18H2,1-6H3. The minimum atomic E-state index is 0.205. The molecule has 0 saturated carbocycles. The Labute approximate surface area is 126 Å². The van der Waals surface area contributed by atoms with E-state index in [4.69, 9.17) is 5.73 Å². The molecule has 1 aliphatic heterocycles. The van der Waals surface area contributed by atoms with Gasteiger partial charge < -0.3 is 5.73 Å². The molecule has 0 radical (unpaired) electrons. The summed E-state index contributed by atoms with van der Waals surface area (Å²) in [4.78, 5) is 5.30. The summed E-state index contributed by atoms with van der Waals surface area (Å²) in [7, 11) is 0. The molecule has 1 heterocycles. The van der Waals surface area contributed by atoms with Crippen LogP contribution in [0.3, 0.4) is 0 Å². The quantitative estimate of drug-likeness (QED) is 0.780. The Bertz CT molecular complexity index is 265. The molecule has 3 nitrogen and oxygen atoms in total. The molecule has 0 amide bonds. The molecule has 3 heteroatoms. The van der Waals surface area contributed by atoms with Gasteiger partial charge in [0.2, 0.25) is 0 Å². The summed E-state index contributed by atoms with van der Waals surface area (Å²) < 4.78 is 0. The van der Waals surface area contributed by atoms with E-state index in [1.807, 2.05) is 0 Å². The van der Waals surface area contributed by atoms with Crippen LogP contribution in [0.15, 0.2) is 0 Å². The third-order valence-electron chi connectivity index (χ3n) is 4.80. The second kappa shape index (κ2) is 7.77. The number of nitrogens with two attached hydrogens (primary N) is 1. The zero-order valence-corrected chi connectivity index (χ0v) is 14.7. The van der Waals surface area contributed by atoms with E-state index in [2.05, 4.69) is 51.3 Å². The van der Waals surface area contributed by atoms with E-state index < -0.39 is 0 Å². The number of nitrogens with zero attached hydrogens (tertiary/aromatic N) is 2. The van der Waals surface area contributed by atoms with Crippen molar-refractivity contribution in [2.75, 3.05) is 32.7 Å². The Morgan fingerprint density at radius 1 is 1.10 bits per heavy atom. The molecule has 1 saturated heterocycles. The monoisotopic (exact) mass is 283 g/mol. The van der Waals surface area contributed by atoms with E-state index in [1.54, 1.807) is 0 Å². The van der Waals surface area contributed by atoms with Gasteiger partial charge in [-0.2, -0.15) is 0 Å². The van der Waals surface area contributed by atoms with Gasteiger partial charge in [0.25, 0.3) is 0 Å². The van der Waals surface area contributed by atoms with E-state index in [0.717, 1.165) is 6.54 Å². The number of hydrogen-bond acceptors (Lipinski definition) is 3. The normalized spacial score (nSPS) is 22.9. The lowest BCUT2D eigenvalue weighted by Crippen LogP contribution is -2.63. The van der Waals surface area contributed by atoms with Crippen LogP contribution in [-0.4, -0.2) is 54.1 Å². The van der Waals surface area contributed by atoms with Crippen molar-refractivity contribution in [1.82, 2.24) is 9.80 Å². The maximum Gasteiger partial charge on any atom is 0.0337 e. The van der Waals surface area contributed by atoms with Crippen LogP contribution in [0.1, 0.15) is 54.4 Å². The van der Waals surface area contributed by atoms with E-state index in [9.17, 15) is 0 Å². The topological polar surface area (TPSA) is 32.5 Å². The van der Waals surface area contributed by atoms with Crippen molar-refractivity contribution in [3.8, 4) is 0 Å². The molecule has 0 aromatic carbocycles. The molecule has 0 aromatic heterocycles. The van der Waals surface area contributed by atoms with Crippen LogP contribution in [0.2, 0.25) is 0 Å². The summed E-state index contributed by atoms with van der Waals surface area (Å²) in [6.45, 7) is 19.4. The Kier molecular flexibility index (Phi) is 6.96. The number of piperazine rings is 1. The summed E-state index contributed by atoms with van der Waals surface area (Å²) in [6, 6.07) is 0.652. The SMILES string of the molecule is CCN1CCN(C(CN)(CC(C)C)CC(C)C)CC1C. The lowest BCUT2D eigenvalue weighted by molar-refractivity contribution is -0.0108. The first-order valence-electron chi connectivity index (χ1n) is 8.53. The smallest absolute Gasteiger partial charge is 0.0337 e. The molecule has 1 aliphatic rings. The predicted molar refractivity (Wildman–Crippen MR) is 89.0 cm³/mol. The van der Waals surface area contributed by atoms with Crippen LogP contribution in [0.5, 0.6) is 0 Å². The van der Waals surface area contributed by atoms with Crippen molar-refractivity contribution in [2.45, 2.75) is 66.0 Å². The molecule has 0 spiro atoms. The largest absolute Gasteiger partial charge is 0.329 e. The van der Waals surface area contributed by atoms with E-state index in [1.165, 1.54) is 39.0 Å². The lowest BCUT2D eigenvalue weighted by Gasteiger charge is -2.51. The van der Waals surface area contributed by atoms with Crippen molar-refractivity contribution >= 4 is 0 Å². The van der Waals surface area contributed by atoms with Crippen LogP contribution in [0.25, 0.3) is 0 Å². The third-order valence-corrected chi connectivity index (χ3v) is 4.80. The molecule has 2 N–H and O–H groups in total. The first-order chi connectivity index (χ1) is 9.34. The third kappa shape index (κ3) is 4.44. The first-order valence-corrected chi connectivity index (χ1v) is 8.53. The van der Waals surface area contributed by atoms with Gasteiger partial charge >= 0.3 is 0 Å². The molecule has 0 bridgehead atoms. The number of hydrogen-bond donors (Lipinski definition) is 1. The van der Waals surface area contributed by atoms with E-state index in [0.29, 0.717) is 17.9 Å². The molecule has 1 atom stereocenters. The second-order valence-electron chi connectivity index (χ2n) is 7.55. The summed E-state index contributed by atoms with van der Waals surface area (Å²) >= 11 is 0. The van der Waals surface area contributed by atoms with Crippen molar-refractivity contribution in [1.29, 1.82) is 0 Å². The average molecular weight is 284 g/mol. The molecule has 120 valence electrons. The maximum atomic E-state index is 6.29. The molecular formula is C17H37N3. The number of likely N-dealkylation sites (N-methyl/N-ethyl adjacent to an activating group) is 1. The fourth-order valence-electron chi connectivity index (χ4n) is 4.05. The van der Waals surface area contributed by atoms with E-state index >= 15 is 0 Å². The zero-order chi connectivity index (χ0) is 15.3. The highest BCUT2D eigenvalue weighted by molar-refractivity contribution is 4.97. The maximum absolute atomic E-state index is 6.29. The Balaban J connectivity index is 2.87. The average Bonchev–Trinajstić information content (AvgIpc) is 2.36. The number of rotatable bonds is 7. The second-order valence-corrected chi connectivity index (χ2v) is 7.55. The first kappa shape index (κ1) is 17.9. The molecule has 1 rings (SSSR count). The Hall–Kier alpha value is -0.120. The minimum Gasteiger partial charge on any atom is -0.329 e. The van der Waals surface area contributed by atoms with E-state index in [-0.39, 0.29) is 5.54 Å². The highest BCUT2D eigenvalue weighted by atomic mass is 15.3. The van der Waals surface area contributed by atoms with Crippen LogP contribution < -0.4 is 5.73 Å². The summed E-state index contributed by atoms with van der Waals surface area (Å²) in [5, 5.41) is 0. The van der Waals surface area contributed by atoms with Gasteiger partial charge in [0.1, 0.15) is 0 Å². The van der Waals surface area contributed by atoms with Crippen molar-refractivity contribution in [3.05, 3.63) is 0 Å². The summed E-state index contributed by atoms with van der Waals surface area (Å²) in [6.07, 6.45) is 2.45. The molecule has 0 aromatic rings. The zero-order valence-electron chi connectivity index (χ0n) is 14.7. The summed E-state index contributed by atoms with van der Waals surface area (Å²) in [5.74, 6) is 1.41. The van der Waals surface area contributed by atoms with Crippen LogP contribution in [0, 0.1) is 11.8 Å². The molecule has 20 heavy (non-hydrogen) atoms. The summed E-state index contributed by atoms with van der Waals surface area (Å²) in [5.41, 5.74) is 6.50. The lowest BCUT2D eigenvalue weighted by atomic mass is 9.79. The van der Waals surface area contributed by atoms with Gasteiger partial charge in [-0.05, 0) is 38.1 Å². The van der Waals surface area contributed by atoms with Crippen molar-refractivity contribution in [3.63, 3.8) is 0 Å². The van der Waals surface area contributed by atoms with Gasteiger partial charge in [-0.25, -0.2) is 0 Å². The molecule has 1 unspecified atom stereocenters. The van der Waals surface area contributed by atoms with Gasteiger partial charge in [-0.15, -0.1) is 0 Å². The Morgan fingerprint density at radius 2 is 1.65 bits per heavy atom. The van der Waals surface area contributed by atoms with Gasteiger partial charge in [-0.1, -0.05) is 34.6 Å². The van der Waals surface area contributed by atoms with Crippen LogP contribution >= 0.6 is 0 Å². The molecular weight excluding hydrogens is 246 g/mol. The van der Waals surface area contributed by atoms with Crippen LogP contribution in [0.4, 0.5) is 0 Å². The van der Waals surface area contributed by atoms with Gasteiger partial charge in [0, 0.05) is 37.8 Å². The highest BCUT2D eigenvalue weighted by Gasteiger charge is 2.39.